The summed E-state index contributed by atoms with van der Waals surface area (Å²) in [6.07, 6.45) is 2.07. The van der Waals surface area contributed by atoms with E-state index in [0.29, 0.717) is 6.17 Å². The molecule has 0 saturated carbocycles. The molecule has 0 rings (SSSR count). The minimum Gasteiger partial charge on any atom is -0.350 e. The number of hydrogen-bond donors (Lipinski definition) is 1. The molecule has 1 N–H and O–H groups in total. The summed E-state index contributed by atoms with van der Waals surface area (Å²) in [5.41, 5.74) is 0.820. The molecule has 0 aliphatic heterocycles. The van der Waals surface area contributed by atoms with Crippen molar-refractivity contribution in [3.63, 3.8) is 0 Å². The van der Waals surface area contributed by atoms with Gasteiger partial charge in [-0.05, 0) is 20.9 Å². The summed E-state index contributed by atoms with van der Waals surface area (Å²) >= 11 is 0. The zero-order valence-corrected chi connectivity index (χ0v) is 7.76. The van der Waals surface area contributed by atoms with Crippen LogP contribution < -0.4 is 5.32 Å². The molecule has 0 aromatic rings. The molecular formula is C8H17N3. The molecule has 3 heteroatoms. The van der Waals surface area contributed by atoms with Gasteiger partial charge in [-0.25, -0.2) is 4.99 Å². The highest BCUT2D eigenvalue weighted by molar-refractivity contribution is 5.56. The van der Waals surface area contributed by atoms with Crippen LogP contribution in [-0.4, -0.2) is 31.5 Å². The van der Waals surface area contributed by atoms with Gasteiger partial charge in [-0.1, -0.05) is 6.58 Å². The van der Waals surface area contributed by atoms with Crippen LogP contribution in [0.15, 0.2) is 17.3 Å². The van der Waals surface area contributed by atoms with E-state index in [9.17, 15) is 0 Å². The van der Waals surface area contributed by atoms with Gasteiger partial charge in [0.25, 0.3) is 0 Å². The van der Waals surface area contributed by atoms with E-state index in [1.54, 1.807) is 6.34 Å². The Kier molecular flexibility index (Phi) is 4.54. The summed E-state index contributed by atoms with van der Waals surface area (Å²) in [5, 5.41) is 3.09. The van der Waals surface area contributed by atoms with Crippen molar-refractivity contribution in [1.82, 2.24) is 10.2 Å². The molecular weight excluding hydrogens is 138 g/mol. The normalized spacial score (nSPS) is 13.5. The van der Waals surface area contributed by atoms with Gasteiger partial charge in [-0.15, -0.1) is 0 Å². The second-order valence-corrected chi connectivity index (χ2v) is 2.61. The first-order valence-corrected chi connectivity index (χ1v) is 3.66. The molecule has 0 amide bonds. The van der Waals surface area contributed by atoms with Crippen LogP contribution in [0.4, 0.5) is 0 Å². The van der Waals surface area contributed by atoms with E-state index >= 15 is 0 Å². The summed E-state index contributed by atoms with van der Waals surface area (Å²) in [5.74, 6) is 0. The number of nitrogens with zero attached hydrogens (tertiary/aromatic N) is 2. The SMILES string of the molecule is C=C(C)N=CN(C)C(C)NC. The quantitative estimate of drug-likeness (QED) is 0.373. The number of rotatable bonds is 4. The lowest BCUT2D eigenvalue weighted by atomic mass is 10.5. The van der Waals surface area contributed by atoms with E-state index in [4.69, 9.17) is 0 Å². The van der Waals surface area contributed by atoms with Gasteiger partial charge in [0.05, 0.1) is 12.5 Å². The van der Waals surface area contributed by atoms with Crippen LogP contribution in [0.3, 0.4) is 0 Å². The second kappa shape index (κ2) is 4.91. The minimum atomic E-state index is 0.304. The molecule has 11 heavy (non-hydrogen) atoms. The largest absolute Gasteiger partial charge is 0.350 e. The van der Waals surface area contributed by atoms with Crippen molar-refractivity contribution >= 4 is 6.34 Å². The smallest absolute Gasteiger partial charge is 0.0917 e. The van der Waals surface area contributed by atoms with E-state index in [-0.39, 0.29) is 0 Å². The summed E-state index contributed by atoms with van der Waals surface area (Å²) in [7, 11) is 3.88. The third kappa shape index (κ3) is 4.56. The molecule has 0 fully saturated rings. The fourth-order valence-corrected chi connectivity index (χ4v) is 0.493. The highest BCUT2D eigenvalue weighted by atomic mass is 15.2. The van der Waals surface area contributed by atoms with Gasteiger partial charge in [0.1, 0.15) is 0 Å². The maximum atomic E-state index is 4.06. The van der Waals surface area contributed by atoms with E-state index in [1.165, 1.54) is 0 Å². The molecule has 0 bridgehead atoms. The van der Waals surface area contributed by atoms with Crippen LogP contribution in [0.1, 0.15) is 13.8 Å². The first-order chi connectivity index (χ1) is 5.07. The fourth-order valence-electron chi connectivity index (χ4n) is 0.493. The lowest BCUT2D eigenvalue weighted by molar-refractivity contribution is 0.357. The van der Waals surface area contributed by atoms with Crippen molar-refractivity contribution < 1.29 is 0 Å². The first-order valence-electron chi connectivity index (χ1n) is 3.66. The van der Waals surface area contributed by atoms with Crippen molar-refractivity contribution in [2.75, 3.05) is 14.1 Å². The van der Waals surface area contributed by atoms with Gasteiger partial charge in [0.15, 0.2) is 0 Å². The van der Waals surface area contributed by atoms with E-state index < -0.39 is 0 Å². The maximum absolute atomic E-state index is 4.06. The van der Waals surface area contributed by atoms with Crippen LogP contribution in [0.25, 0.3) is 0 Å². The second-order valence-electron chi connectivity index (χ2n) is 2.61. The Labute approximate surface area is 68.8 Å². The highest BCUT2D eigenvalue weighted by Crippen LogP contribution is 1.90. The van der Waals surface area contributed by atoms with Crippen molar-refractivity contribution in [1.29, 1.82) is 0 Å². The number of allylic oxidation sites excluding steroid dienone is 1. The molecule has 0 saturated heterocycles. The Hall–Kier alpha value is -0.830. The average Bonchev–Trinajstić information content (AvgIpc) is 1.98. The van der Waals surface area contributed by atoms with Crippen LogP contribution in [0.5, 0.6) is 0 Å². The zero-order valence-electron chi connectivity index (χ0n) is 7.76. The Morgan fingerprint density at radius 3 is 2.64 bits per heavy atom. The van der Waals surface area contributed by atoms with Crippen molar-refractivity contribution in [3.05, 3.63) is 12.3 Å². The summed E-state index contributed by atoms with van der Waals surface area (Å²) < 4.78 is 0. The van der Waals surface area contributed by atoms with Crippen LogP contribution in [0, 0.1) is 0 Å². The van der Waals surface area contributed by atoms with Gasteiger partial charge in [0.2, 0.25) is 0 Å². The number of aliphatic imine (C=N–C) groups is 1. The van der Waals surface area contributed by atoms with Gasteiger partial charge >= 0.3 is 0 Å². The Balaban J connectivity index is 3.85. The van der Waals surface area contributed by atoms with Crippen molar-refractivity contribution in [2.45, 2.75) is 20.0 Å². The number of nitrogens with one attached hydrogen (secondary N) is 1. The molecule has 0 heterocycles. The third-order valence-corrected chi connectivity index (χ3v) is 1.49. The zero-order chi connectivity index (χ0) is 8.85. The van der Waals surface area contributed by atoms with E-state index in [1.807, 2.05) is 25.9 Å². The Bertz CT molecular complexity index is 151. The molecule has 0 aromatic carbocycles. The molecule has 3 nitrogen and oxygen atoms in total. The minimum absolute atomic E-state index is 0.304. The van der Waals surface area contributed by atoms with Gasteiger partial charge in [0, 0.05) is 12.7 Å². The monoisotopic (exact) mass is 155 g/mol. The standard InChI is InChI=1S/C8H17N3/c1-7(2)10-6-11(5)8(3)9-4/h6,8-9H,1H2,2-5H3. The van der Waals surface area contributed by atoms with Gasteiger partial charge in [-0.2, -0.15) is 0 Å². The van der Waals surface area contributed by atoms with Crippen molar-refractivity contribution in [2.24, 2.45) is 4.99 Å². The summed E-state index contributed by atoms with van der Waals surface area (Å²) in [6, 6.07) is 0. The molecule has 0 aromatic heterocycles. The molecule has 0 aliphatic carbocycles. The lowest BCUT2D eigenvalue weighted by Gasteiger charge is -2.20. The number of hydrogen-bond acceptors (Lipinski definition) is 2. The fraction of sp³-hybridized carbons (Fsp3) is 0.625. The Morgan fingerprint density at radius 2 is 2.27 bits per heavy atom. The molecule has 0 spiro atoms. The molecule has 0 aliphatic rings. The van der Waals surface area contributed by atoms with Crippen LogP contribution in [0.2, 0.25) is 0 Å². The van der Waals surface area contributed by atoms with Crippen LogP contribution in [-0.2, 0) is 0 Å². The molecule has 0 radical (unpaired) electrons. The van der Waals surface area contributed by atoms with Crippen LogP contribution >= 0.6 is 0 Å². The maximum Gasteiger partial charge on any atom is 0.0917 e. The summed E-state index contributed by atoms with van der Waals surface area (Å²) in [6.45, 7) is 7.60. The highest BCUT2D eigenvalue weighted by Gasteiger charge is 1.99. The third-order valence-electron chi connectivity index (χ3n) is 1.49. The summed E-state index contributed by atoms with van der Waals surface area (Å²) in [4.78, 5) is 6.04. The topological polar surface area (TPSA) is 27.6 Å². The molecule has 1 unspecified atom stereocenters. The van der Waals surface area contributed by atoms with Gasteiger partial charge in [-0.3, -0.25) is 0 Å². The molecule has 1 atom stereocenters. The van der Waals surface area contributed by atoms with Gasteiger partial charge < -0.3 is 10.2 Å². The van der Waals surface area contributed by atoms with E-state index in [0.717, 1.165) is 5.70 Å². The molecule has 64 valence electrons. The Morgan fingerprint density at radius 1 is 1.73 bits per heavy atom. The first kappa shape index (κ1) is 10.2. The van der Waals surface area contributed by atoms with Crippen molar-refractivity contribution in [3.8, 4) is 0 Å². The predicted molar refractivity (Wildman–Crippen MR) is 49.6 cm³/mol. The van der Waals surface area contributed by atoms with E-state index in [2.05, 4.69) is 23.8 Å². The predicted octanol–water partition coefficient (Wildman–Crippen LogP) is 1.05. The lowest BCUT2D eigenvalue weighted by Crippen LogP contribution is -2.38. The average molecular weight is 155 g/mol.